The molecule has 182 valence electrons. The van der Waals surface area contributed by atoms with Crippen LogP contribution in [0.15, 0.2) is 29.2 Å². The first-order valence-electron chi connectivity index (χ1n) is 11.4. The molecule has 3 amide bonds. The Morgan fingerprint density at radius 3 is 2.27 bits per heavy atom. The van der Waals surface area contributed by atoms with E-state index in [-0.39, 0.29) is 74.2 Å². The number of rotatable bonds is 8. The third-order valence-electron chi connectivity index (χ3n) is 5.88. The highest BCUT2D eigenvalue weighted by atomic mass is 32.2. The zero-order valence-electron chi connectivity index (χ0n) is 18.9. The van der Waals surface area contributed by atoms with Gasteiger partial charge in [-0.25, -0.2) is 18.0 Å². The summed E-state index contributed by atoms with van der Waals surface area (Å²) >= 11 is 0. The van der Waals surface area contributed by atoms with Crippen LogP contribution in [0.25, 0.3) is 0 Å². The molecule has 0 aromatic heterocycles. The second-order valence-electron chi connectivity index (χ2n) is 8.17. The molecule has 0 unspecified atom stereocenters. The molecule has 0 spiro atoms. The maximum Gasteiger partial charge on any atom is 0.338 e. The van der Waals surface area contributed by atoms with Gasteiger partial charge >= 0.3 is 12.0 Å². The first kappa shape index (κ1) is 25.0. The summed E-state index contributed by atoms with van der Waals surface area (Å²) in [6, 6.07) is 5.58. The maximum atomic E-state index is 12.9. The normalized spacial score (nSPS) is 17.5. The monoisotopic (exact) mass is 480 g/mol. The summed E-state index contributed by atoms with van der Waals surface area (Å²) in [4.78, 5) is 37.7. The Bertz CT molecular complexity index is 936. The van der Waals surface area contributed by atoms with E-state index in [1.165, 1.54) is 28.6 Å². The molecule has 1 saturated carbocycles. The summed E-state index contributed by atoms with van der Waals surface area (Å²) in [6.45, 7) is 3.01. The van der Waals surface area contributed by atoms with Gasteiger partial charge in [-0.15, -0.1) is 0 Å². The highest BCUT2D eigenvalue weighted by Crippen LogP contribution is 2.19. The van der Waals surface area contributed by atoms with Crippen molar-refractivity contribution in [3.8, 4) is 0 Å². The number of esters is 1. The van der Waals surface area contributed by atoms with E-state index in [1.54, 1.807) is 11.8 Å². The van der Waals surface area contributed by atoms with Gasteiger partial charge in [0.05, 0.1) is 17.1 Å². The summed E-state index contributed by atoms with van der Waals surface area (Å²) in [6.07, 6.45) is 4.53. The third-order valence-corrected chi connectivity index (χ3v) is 7.79. The van der Waals surface area contributed by atoms with Gasteiger partial charge in [0.1, 0.15) is 0 Å². The second kappa shape index (κ2) is 11.5. The van der Waals surface area contributed by atoms with E-state index in [4.69, 9.17) is 4.74 Å². The molecule has 11 heteroatoms. The largest absolute Gasteiger partial charge is 0.462 e. The van der Waals surface area contributed by atoms with Crippen molar-refractivity contribution in [3.63, 3.8) is 0 Å². The van der Waals surface area contributed by atoms with E-state index in [0.29, 0.717) is 0 Å². The lowest BCUT2D eigenvalue weighted by molar-refractivity contribution is -0.121. The summed E-state index contributed by atoms with van der Waals surface area (Å²) in [5, 5.41) is 5.72. The summed E-state index contributed by atoms with van der Waals surface area (Å²) in [5.41, 5.74) is 0.286. The predicted octanol–water partition coefficient (Wildman–Crippen LogP) is 1.33. The number of ether oxygens (including phenoxy) is 1. The van der Waals surface area contributed by atoms with Gasteiger partial charge in [-0.2, -0.15) is 4.31 Å². The number of carbonyl (C=O) groups excluding carboxylic acids is 3. The van der Waals surface area contributed by atoms with Crippen LogP contribution in [0.4, 0.5) is 4.79 Å². The summed E-state index contributed by atoms with van der Waals surface area (Å²) in [5.74, 6) is -0.566. The highest BCUT2D eigenvalue weighted by molar-refractivity contribution is 7.89. The van der Waals surface area contributed by atoms with Crippen molar-refractivity contribution < 1.29 is 27.5 Å². The second-order valence-corrected chi connectivity index (χ2v) is 10.1. The molecule has 2 N–H and O–H groups in total. The number of nitrogens with zero attached hydrogens (tertiary/aromatic N) is 2. The van der Waals surface area contributed by atoms with Gasteiger partial charge in [0.25, 0.3) is 0 Å². The molecule has 2 aliphatic rings. The van der Waals surface area contributed by atoms with E-state index in [2.05, 4.69) is 10.6 Å². The Hall–Kier alpha value is -2.66. The van der Waals surface area contributed by atoms with Crippen molar-refractivity contribution in [2.45, 2.75) is 50.0 Å². The van der Waals surface area contributed by atoms with Gasteiger partial charge in [-0.1, -0.05) is 12.8 Å². The fourth-order valence-electron chi connectivity index (χ4n) is 4.02. The average Bonchev–Trinajstić information content (AvgIpc) is 3.32. The quantitative estimate of drug-likeness (QED) is 0.541. The fourth-order valence-corrected chi connectivity index (χ4v) is 5.44. The van der Waals surface area contributed by atoms with Gasteiger partial charge < -0.3 is 20.3 Å². The van der Waals surface area contributed by atoms with E-state index in [0.717, 1.165) is 25.7 Å². The maximum absolute atomic E-state index is 12.9. The number of urea groups is 1. The van der Waals surface area contributed by atoms with Gasteiger partial charge in [-0.3, -0.25) is 4.79 Å². The van der Waals surface area contributed by atoms with Crippen LogP contribution in [0.2, 0.25) is 0 Å². The first-order chi connectivity index (χ1) is 15.8. The van der Waals surface area contributed by atoms with Crippen LogP contribution in [0.5, 0.6) is 0 Å². The van der Waals surface area contributed by atoms with Gasteiger partial charge in [0.15, 0.2) is 0 Å². The molecule has 0 bridgehead atoms. The Morgan fingerprint density at radius 1 is 1.03 bits per heavy atom. The molecule has 1 aromatic carbocycles. The average molecular weight is 481 g/mol. The van der Waals surface area contributed by atoms with Crippen LogP contribution < -0.4 is 10.6 Å². The minimum absolute atomic E-state index is 0.0629. The number of amides is 3. The van der Waals surface area contributed by atoms with E-state index in [1.807, 2.05) is 0 Å². The third kappa shape index (κ3) is 6.67. The highest BCUT2D eigenvalue weighted by Gasteiger charge is 2.30. The van der Waals surface area contributed by atoms with Crippen LogP contribution in [0.3, 0.4) is 0 Å². The first-order valence-corrected chi connectivity index (χ1v) is 12.8. The molecular formula is C22H32N4O6S. The van der Waals surface area contributed by atoms with Gasteiger partial charge in [-0.05, 0) is 44.0 Å². The molecule has 1 heterocycles. The van der Waals surface area contributed by atoms with Crippen LogP contribution in [-0.2, 0) is 19.6 Å². The molecule has 10 nitrogen and oxygen atoms in total. The Labute approximate surface area is 194 Å². The van der Waals surface area contributed by atoms with Crippen molar-refractivity contribution in [2.75, 3.05) is 39.3 Å². The van der Waals surface area contributed by atoms with E-state index >= 15 is 0 Å². The minimum atomic E-state index is -3.74. The standard InChI is InChI=1S/C22H32N4O6S/c1-2-32-21(28)17-7-9-19(10-8-17)33(30,31)26-15-13-25(14-16-26)22(29)23-12-11-20(27)24-18-5-3-4-6-18/h7-10,18H,2-6,11-16H2,1H3,(H,23,29)(H,24,27). The van der Waals surface area contributed by atoms with Crippen molar-refractivity contribution in [1.82, 2.24) is 19.8 Å². The summed E-state index contributed by atoms with van der Waals surface area (Å²) < 4.78 is 32.0. The van der Waals surface area contributed by atoms with Crippen LogP contribution in [-0.4, -0.2) is 80.9 Å². The van der Waals surface area contributed by atoms with E-state index < -0.39 is 16.0 Å². The van der Waals surface area contributed by atoms with Crippen molar-refractivity contribution in [1.29, 1.82) is 0 Å². The number of benzene rings is 1. The summed E-state index contributed by atoms with van der Waals surface area (Å²) in [7, 11) is -3.74. The van der Waals surface area contributed by atoms with Gasteiger partial charge in [0, 0.05) is 45.2 Å². The Balaban J connectivity index is 1.43. The smallest absolute Gasteiger partial charge is 0.338 e. The van der Waals surface area contributed by atoms with Crippen LogP contribution >= 0.6 is 0 Å². The topological polar surface area (TPSA) is 125 Å². The molecule has 1 aromatic rings. The Kier molecular flexibility index (Phi) is 8.67. The molecule has 1 saturated heterocycles. The number of sulfonamides is 1. The molecule has 33 heavy (non-hydrogen) atoms. The minimum Gasteiger partial charge on any atom is -0.462 e. The fraction of sp³-hybridized carbons (Fsp3) is 0.591. The SMILES string of the molecule is CCOC(=O)c1ccc(S(=O)(=O)N2CCN(C(=O)NCCC(=O)NC3CCCC3)CC2)cc1. The van der Waals surface area contributed by atoms with Crippen molar-refractivity contribution in [3.05, 3.63) is 29.8 Å². The lowest BCUT2D eigenvalue weighted by Gasteiger charge is -2.34. The van der Waals surface area contributed by atoms with Crippen LogP contribution in [0, 0.1) is 0 Å². The van der Waals surface area contributed by atoms with Crippen LogP contribution in [0.1, 0.15) is 49.4 Å². The molecule has 0 radical (unpaired) electrons. The van der Waals surface area contributed by atoms with Crippen molar-refractivity contribution >= 4 is 27.9 Å². The molecule has 1 aliphatic heterocycles. The molecular weight excluding hydrogens is 448 g/mol. The lowest BCUT2D eigenvalue weighted by atomic mass is 10.2. The molecule has 3 rings (SSSR count). The molecule has 1 aliphatic carbocycles. The predicted molar refractivity (Wildman–Crippen MR) is 121 cm³/mol. The molecule has 2 fully saturated rings. The number of hydrogen-bond acceptors (Lipinski definition) is 6. The number of piperazine rings is 1. The zero-order valence-corrected chi connectivity index (χ0v) is 19.7. The number of nitrogens with one attached hydrogen (secondary N) is 2. The Morgan fingerprint density at radius 2 is 1.67 bits per heavy atom. The zero-order chi connectivity index (χ0) is 23.8. The number of hydrogen-bond donors (Lipinski definition) is 2. The van der Waals surface area contributed by atoms with Gasteiger partial charge in [0.2, 0.25) is 15.9 Å². The van der Waals surface area contributed by atoms with Crippen molar-refractivity contribution in [2.24, 2.45) is 0 Å². The number of carbonyl (C=O) groups is 3. The molecule has 0 atom stereocenters. The lowest BCUT2D eigenvalue weighted by Crippen LogP contribution is -2.53. The van der Waals surface area contributed by atoms with E-state index in [9.17, 15) is 22.8 Å².